The second-order valence-electron chi connectivity index (χ2n) is 6.48. The number of furan rings is 1. The number of carbonyl (C=O) groups excluding carboxylic acids is 1. The second kappa shape index (κ2) is 7.97. The fraction of sp³-hybridized carbons (Fsp3) is 0.389. The molecule has 0 saturated heterocycles. The summed E-state index contributed by atoms with van der Waals surface area (Å²) in [4.78, 5) is 11.9. The summed E-state index contributed by atoms with van der Waals surface area (Å²) in [6.07, 6.45) is 3.05. The van der Waals surface area contributed by atoms with Crippen LogP contribution < -0.4 is 10.6 Å². The molecule has 3 N–H and O–H groups in total. The SMILES string of the molecule is CC(C)(CO)CCCNC(=O)Nc1cc(-c2ccco2)ccc1F. The third-order valence-electron chi connectivity index (χ3n) is 3.76. The highest BCUT2D eigenvalue weighted by Gasteiger charge is 2.16. The normalized spacial score (nSPS) is 11.3. The van der Waals surface area contributed by atoms with Gasteiger partial charge in [-0.05, 0) is 48.6 Å². The molecule has 0 radical (unpaired) electrons. The van der Waals surface area contributed by atoms with E-state index in [2.05, 4.69) is 10.6 Å². The Balaban J connectivity index is 1.88. The molecule has 0 aliphatic rings. The van der Waals surface area contributed by atoms with Gasteiger partial charge in [0, 0.05) is 18.7 Å². The Kier molecular flexibility index (Phi) is 5.98. The molecule has 6 heteroatoms. The van der Waals surface area contributed by atoms with Crippen molar-refractivity contribution in [3.05, 3.63) is 42.4 Å². The highest BCUT2D eigenvalue weighted by molar-refractivity contribution is 5.90. The Bertz CT molecular complexity index is 669. The highest BCUT2D eigenvalue weighted by Crippen LogP contribution is 2.25. The predicted octanol–water partition coefficient (Wildman–Crippen LogP) is 4.01. The van der Waals surface area contributed by atoms with Gasteiger partial charge in [0.1, 0.15) is 11.6 Å². The zero-order valence-electron chi connectivity index (χ0n) is 13.9. The van der Waals surface area contributed by atoms with Crippen molar-refractivity contribution in [3.8, 4) is 11.3 Å². The van der Waals surface area contributed by atoms with Crippen LogP contribution in [-0.4, -0.2) is 24.3 Å². The number of aliphatic hydroxyl groups is 1. The molecule has 2 aromatic rings. The van der Waals surface area contributed by atoms with E-state index in [-0.39, 0.29) is 17.7 Å². The Morgan fingerprint density at radius 3 is 2.79 bits per heavy atom. The number of anilines is 1. The van der Waals surface area contributed by atoms with E-state index in [0.717, 1.165) is 12.8 Å². The van der Waals surface area contributed by atoms with Gasteiger partial charge in [-0.2, -0.15) is 0 Å². The first kappa shape index (κ1) is 18.0. The predicted molar refractivity (Wildman–Crippen MR) is 91.2 cm³/mol. The van der Waals surface area contributed by atoms with Gasteiger partial charge in [0.25, 0.3) is 0 Å². The summed E-state index contributed by atoms with van der Waals surface area (Å²) >= 11 is 0. The minimum atomic E-state index is -0.512. The Morgan fingerprint density at radius 1 is 1.33 bits per heavy atom. The van der Waals surface area contributed by atoms with Crippen molar-refractivity contribution in [1.29, 1.82) is 0 Å². The number of halogens is 1. The maximum atomic E-state index is 13.9. The lowest BCUT2D eigenvalue weighted by Crippen LogP contribution is -2.30. The summed E-state index contributed by atoms with van der Waals surface area (Å²) in [7, 11) is 0. The molecule has 0 atom stereocenters. The van der Waals surface area contributed by atoms with Gasteiger partial charge in [-0.15, -0.1) is 0 Å². The zero-order chi connectivity index (χ0) is 17.6. The summed E-state index contributed by atoms with van der Waals surface area (Å²) in [6.45, 7) is 4.48. The van der Waals surface area contributed by atoms with Crippen molar-refractivity contribution in [2.45, 2.75) is 26.7 Å². The first-order chi connectivity index (χ1) is 11.4. The van der Waals surface area contributed by atoms with E-state index in [1.54, 1.807) is 18.2 Å². The largest absolute Gasteiger partial charge is 0.464 e. The number of aliphatic hydroxyl groups excluding tert-OH is 1. The molecule has 0 aliphatic heterocycles. The van der Waals surface area contributed by atoms with E-state index < -0.39 is 11.8 Å². The number of benzene rings is 1. The van der Waals surface area contributed by atoms with Crippen molar-refractivity contribution >= 4 is 11.7 Å². The van der Waals surface area contributed by atoms with E-state index in [4.69, 9.17) is 4.42 Å². The first-order valence-corrected chi connectivity index (χ1v) is 7.90. The van der Waals surface area contributed by atoms with Crippen LogP contribution in [0.4, 0.5) is 14.9 Å². The highest BCUT2D eigenvalue weighted by atomic mass is 19.1. The van der Waals surface area contributed by atoms with Crippen LogP contribution in [0.15, 0.2) is 41.0 Å². The van der Waals surface area contributed by atoms with Crippen molar-refractivity contribution in [1.82, 2.24) is 5.32 Å². The van der Waals surface area contributed by atoms with Gasteiger partial charge >= 0.3 is 6.03 Å². The number of amides is 2. The zero-order valence-corrected chi connectivity index (χ0v) is 13.9. The molecule has 0 unspecified atom stereocenters. The van der Waals surface area contributed by atoms with Crippen LogP contribution in [0, 0.1) is 11.2 Å². The lowest BCUT2D eigenvalue weighted by atomic mass is 9.89. The van der Waals surface area contributed by atoms with E-state index in [0.29, 0.717) is 17.9 Å². The van der Waals surface area contributed by atoms with Gasteiger partial charge in [-0.25, -0.2) is 9.18 Å². The van der Waals surface area contributed by atoms with E-state index in [9.17, 15) is 14.3 Å². The fourth-order valence-corrected chi connectivity index (χ4v) is 2.23. The molecular weight excluding hydrogens is 311 g/mol. The van der Waals surface area contributed by atoms with Crippen molar-refractivity contribution in [3.63, 3.8) is 0 Å². The first-order valence-electron chi connectivity index (χ1n) is 7.90. The van der Waals surface area contributed by atoms with Crippen LogP contribution >= 0.6 is 0 Å². The number of rotatable bonds is 7. The minimum Gasteiger partial charge on any atom is -0.464 e. The third kappa shape index (κ3) is 5.09. The lowest BCUT2D eigenvalue weighted by molar-refractivity contribution is 0.148. The molecule has 0 spiro atoms. The average molecular weight is 334 g/mol. The average Bonchev–Trinajstić information content (AvgIpc) is 3.08. The smallest absolute Gasteiger partial charge is 0.319 e. The summed E-state index contributed by atoms with van der Waals surface area (Å²) in [6, 6.07) is 7.45. The van der Waals surface area contributed by atoms with Crippen LogP contribution in [0.5, 0.6) is 0 Å². The lowest BCUT2D eigenvalue weighted by Gasteiger charge is -2.21. The van der Waals surface area contributed by atoms with Crippen LogP contribution in [0.2, 0.25) is 0 Å². The molecule has 1 heterocycles. The van der Waals surface area contributed by atoms with E-state index in [1.807, 2.05) is 13.8 Å². The van der Waals surface area contributed by atoms with Crippen molar-refractivity contribution in [2.24, 2.45) is 5.41 Å². The van der Waals surface area contributed by atoms with Gasteiger partial charge < -0.3 is 20.2 Å². The number of hydrogen-bond acceptors (Lipinski definition) is 3. The molecule has 2 rings (SSSR count). The van der Waals surface area contributed by atoms with Crippen LogP contribution in [0.1, 0.15) is 26.7 Å². The summed E-state index contributed by atoms with van der Waals surface area (Å²) in [5, 5.41) is 14.4. The van der Waals surface area contributed by atoms with E-state index in [1.165, 1.54) is 18.4 Å². The van der Waals surface area contributed by atoms with Crippen molar-refractivity contribution < 1.29 is 18.7 Å². The summed E-state index contributed by atoms with van der Waals surface area (Å²) in [5.74, 6) is 0.0894. The van der Waals surface area contributed by atoms with Crippen molar-refractivity contribution in [2.75, 3.05) is 18.5 Å². The molecule has 0 bridgehead atoms. The number of carbonyl (C=O) groups is 1. The van der Waals surface area contributed by atoms with Gasteiger partial charge in [-0.3, -0.25) is 0 Å². The second-order valence-corrected chi connectivity index (χ2v) is 6.48. The fourth-order valence-electron chi connectivity index (χ4n) is 2.23. The van der Waals surface area contributed by atoms with Crippen LogP contribution in [0.25, 0.3) is 11.3 Å². The Labute approximate surface area is 140 Å². The monoisotopic (exact) mass is 334 g/mol. The molecule has 130 valence electrons. The Hall–Kier alpha value is -2.34. The molecule has 1 aromatic heterocycles. The topological polar surface area (TPSA) is 74.5 Å². The molecule has 0 fully saturated rings. The standard InChI is InChI=1S/C18H23FN2O3/c1-18(2,12-22)8-4-9-20-17(23)21-15-11-13(6-7-14(15)19)16-5-3-10-24-16/h3,5-7,10-11,22H,4,8-9,12H2,1-2H3,(H2,20,21,23). The van der Waals surface area contributed by atoms with Crippen LogP contribution in [0.3, 0.4) is 0 Å². The summed E-state index contributed by atoms with van der Waals surface area (Å²) in [5.41, 5.74) is 0.611. The maximum absolute atomic E-state index is 13.9. The third-order valence-corrected chi connectivity index (χ3v) is 3.76. The van der Waals surface area contributed by atoms with Gasteiger partial charge in [0.15, 0.2) is 0 Å². The Morgan fingerprint density at radius 2 is 2.12 bits per heavy atom. The molecule has 2 amide bonds. The minimum absolute atomic E-state index is 0.0945. The van der Waals surface area contributed by atoms with E-state index >= 15 is 0 Å². The molecule has 0 aliphatic carbocycles. The maximum Gasteiger partial charge on any atom is 0.319 e. The molecule has 1 aromatic carbocycles. The molecule has 5 nitrogen and oxygen atoms in total. The van der Waals surface area contributed by atoms with Gasteiger partial charge in [0.2, 0.25) is 0 Å². The van der Waals surface area contributed by atoms with Gasteiger partial charge in [-0.1, -0.05) is 13.8 Å². The molecule has 24 heavy (non-hydrogen) atoms. The molecular formula is C18H23FN2O3. The number of urea groups is 1. The van der Waals surface area contributed by atoms with Crippen LogP contribution in [-0.2, 0) is 0 Å². The quantitative estimate of drug-likeness (QED) is 0.670. The van der Waals surface area contributed by atoms with Gasteiger partial charge in [0.05, 0.1) is 12.0 Å². The number of nitrogens with one attached hydrogen (secondary N) is 2. The summed E-state index contributed by atoms with van der Waals surface area (Å²) < 4.78 is 19.1. The molecule has 0 saturated carbocycles. The number of hydrogen-bond donors (Lipinski definition) is 3.